The third-order valence-electron chi connectivity index (χ3n) is 4.49. The number of methoxy groups -OCH3 is 1. The first-order chi connectivity index (χ1) is 10.7. The zero-order chi connectivity index (χ0) is 15.8. The molecule has 0 N–H and O–H groups in total. The number of carbonyl (C=O) groups excluding carboxylic acids is 1. The van der Waals surface area contributed by atoms with Crippen molar-refractivity contribution in [3.63, 3.8) is 0 Å². The van der Waals surface area contributed by atoms with Crippen LogP contribution in [0.15, 0.2) is 24.3 Å². The van der Waals surface area contributed by atoms with Crippen LogP contribution in [0.2, 0.25) is 0 Å². The number of amides is 1. The maximum absolute atomic E-state index is 12.7. The number of unbranched alkanes of at least 4 members (excludes halogenated alkanes) is 1. The maximum atomic E-state index is 12.7. The molecule has 1 aromatic carbocycles. The van der Waals surface area contributed by atoms with Crippen LogP contribution in [0.5, 0.6) is 0 Å². The van der Waals surface area contributed by atoms with Gasteiger partial charge in [0.05, 0.1) is 6.04 Å². The highest BCUT2D eigenvalue weighted by atomic mass is 16.5. The molecule has 0 aliphatic carbocycles. The minimum atomic E-state index is 0.261. The largest absolute Gasteiger partial charge is 0.385 e. The Hall–Kier alpha value is -1.35. The lowest BCUT2D eigenvalue weighted by Crippen LogP contribution is -2.34. The second-order valence-corrected chi connectivity index (χ2v) is 6.32. The van der Waals surface area contributed by atoms with E-state index in [0.29, 0.717) is 12.3 Å². The Morgan fingerprint density at radius 1 is 1.27 bits per heavy atom. The van der Waals surface area contributed by atoms with Crippen LogP contribution in [0.3, 0.4) is 0 Å². The Bertz CT molecular complexity index is 472. The van der Waals surface area contributed by atoms with Gasteiger partial charge in [-0.2, -0.15) is 0 Å². The van der Waals surface area contributed by atoms with Gasteiger partial charge in [-0.1, -0.05) is 42.7 Å². The van der Waals surface area contributed by atoms with E-state index in [-0.39, 0.29) is 6.04 Å². The van der Waals surface area contributed by atoms with Crippen LogP contribution in [0.1, 0.15) is 62.1 Å². The van der Waals surface area contributed by atoms with Crippen LogP contribution < -0.4 is 0 Å². The summed E-state index contributed by atoms with van der Waals surface area (Å²) in [6.45, 7) is 3.77. The molecule has 1 fully saturated rings. The molecule has 0 radical (unpaired) electrons. The Labute approximate surface area is 134 Å². The van der Waals surface area contributed by atoms with E-state index in [1.165, 1.54) is 24.0 Å². The zero-order valence-corrected chi connectivity index (χ0v) is 14.0. The lowest BCUT2D eigenvalue weighted by atomic mass is 9.98. The Morgan fingerprint density at radius 2 is 2.14 bits per heavy atom. The van der Waals surface area contributed by atoms with Crippen LogP contribution in [0, 0.1) is 6.92 Å². The molecule has 1 aliphatic heterocycles. The minimum Gasteiger partial charge on any atom is -0.385 e. The van der Waals surface area contributed by atoms with Crippen molar-refractivity contribution in [1.29, 1.82) is 0 Å². The summed E-state index contributed by atoms with van der Waals surface area (Å²) >= 11 is 0. The molecule has 2 rings (SSSR count). The van der Waals surface area contributed by atoms with Crippen molar-refractivity contribution in [2.75, 3.05) is 20.3 Å². The van der Waals surface area contributed by atoms with E-state index in [4.69, 9.17) is 4.74 Å². The van der Waals surface area contributed by atoms with Gasteiger partial charge in [0.25, 0.3) is 0 Å². The number of benzene rings is 1. The van der Waals surface area contributed by atoms with Gasteiger partial charge < -0.3 is 9.64 Å². The van der Waals surface area contributed by atoms with Gasteiger partial charge in [-0.3, -0.25) is 4.79 Å². The fourth-order valence-electron chi connectivity index (χ4n) is 3.30. The number of rotatable bonds is 6. The number of hydrogen-bond donors (Lipinski definition) is 0. The fourth-order valence-corrected chi connectivity index (χ4v) is 3.30. The predicted molar refractivity (Wildman–Crippen MR) is 89.8 cm³/mol. The number of hydrogen-bond acceptors (Lipinski definition) is 2. The van der Waals surface area contributed by atoms with Gasteiger partial charge in [0.1, 0.15) is 0 Å². The number of aryl methyl sites for hydroxylation is 1. The maximum Gasteiger partial charge on any atom is 0.223 e. The van der Waals surface area contributed by atoms with Crippen LogP contribution in [-0.2, 0) is 9.53 Å². The van der Waals surface area contributed by atoms with Crippen molar-refractivity contribution in [2.45, 2.75) is 57.9 Å². The minimum absolute atomic E-state index is 0.261. The van der Waals surface area contributed by atoms with E-state index < -0.39 is 0 Å². The molecule has 1 saturated heterocycles. The quantitative estimate of drug-likeness (QED) is 0.735. The number of nitrogens with zero attached hydrogens (tertiary/aromatic N) is 1. The Morgan fingerprint density at radius 3 is 2.91 bits per heavy atom. The van der Waals surface area contributed by atoms with Gasteiger partial charge in [-0.05, 0) is 38.2 Å². The van der Waals surface area contributed by atoms with Crippen molar-refractivity contribution in [3.05, 3.63) is 35.4 Å². The van der Waals surface area contributed by atoms with E-state index in [2.05, 4.69) is 36.1 Å². The lowest BCUT2D eigenvalue weighted by molar-refractivity contribution is -0.133. The molecule has 0 unspecified atom stereocenters. The second kappa shape index (κ2) is 8.94. The van der Waals surface area contributed by atoms with E-state index >= 15 is 0 Å². The van der Waals surface area contributed by atoms with E-state index in [9.17, 15) is 4.79 Å². The van der Waals surface area contributed by atoms with E-state index in [1.807, 2.05) is 0 Å². The molecule has 0 bridgehead atoms. The van der Waals surface area contributed by atoms with Gasteiger partial charge in [0.2, 0.25) is 5.91 Å². The highest BCUT2D eigenvalue weighted by molar-refractivity contribution is 5.76. The molecule has 1 aromatic rings. The van der Waals surface area contributed by atoms with Gasteiger partial charge >= 0.3 is 0 Å². The molecule has 122 valence electrons. The molecule has 1 atom stereocenters. The fraction of sp³-hybridized carbons (Fsp3) is 0.632. The van der Waals surface area contributed by atoms with Crippen molar-refractivity contribution in [1.82, 2.24) is 4.90 Å². The van der Waals surface area contributed by atoms with Crippen molar-refractivity contribution < 1.29 is 9.53 Å². The van der Waals surface area contributed by atoms with Gasteiger partial charge in [-0.25, -0.2) is 0 Å². The molecule has 1 heterocycles. The molecule has 0 saturated carbocycles. The Kier molecular flexibility index (Phi) is 6.91. The molecular formula is C19H29NO2. The number of carbonyl (C=O) groups is 1. The van der Waals surface area contributed by atoms with Gasteiger partial charge in [0, 0.05) is 26.7 Å². The van der Waals surface area contributed by atoms with E-state index in [0.717, 1.165) is 38.8 Å². The highest BCUT2D eigenvalue weighted by Gasteiger charge is 2.26. The van der Waals surface area contributed by atoms with Crippen LogP contribution >= 0.6 is 0 Å². The molecule has 1 aliphatic rings. The van der Waals surface area contributed by atoms with Crippen molar-refractivity contribution >= 4 is 5.91 Å². The van der Waals surface area contributed by atoms with Crippen LogP contribution in [0.4, 0.5) is 0 Å². The lowest BCUT2D eigenvalue weighted by Gasteiger charge is -2.31. The summed E-state index contributed by atoms with van der Waals surface area (Å²) in [5, 5.41) is 0. The SMILES string of the molecule is COCCCCC(=O)N1CCCCC[C@@H]1c1cccc(C)c1. The summed E-state index contributed by atoms with van der Waals surface area (Å²) in [4.78, 5) is 14.8. The van der Waals surface area contributed by atoms with Crippen molar-refractivity contribution in [2.24, 2.45) is 0 Å². The predicted octanol–water partition coefficient (Wildman–Crippen LogP) is 4.26. The molecule has 3 nitrogen and oxygen atoms in total. The van der Waals surface area contributed by atoms with Crippen molar-refractivity contribution in [3.8, 4) is 0 Å². The average Bonchev–Trinajstić information content (AvgIpc) is 2.77. The second-order valence-electron chi connectivity index (χ2n) is 6.32. The summed E-state index contributed by atoms with van der Waals surface area (Å²) in [5.41, 5.74) is 2.57. The number of ether oxygens (including phenoxy) is 1. The van der Waals surface area contributed by atoms with Crippen LogP contribution in [-0.4, -0.2) is 31.1 Å². The smallest absolute Gasteiger partial charge is 0.223 e. The third-order valence-corrected chi connectivity index (χ3v) is 4.49. The Balaban J connectivity index is 2.05. The molecule has 0 spiro atoms. The molecule has 0 aromatic heterocycles. The first-order valence-corrected chi connectivity index (χ1v) is 8.57. The molecule has 1 amide bonds. The van der Waals surface area contributed by atoms with Crippen LogP contribution in [0.25, 0.3) is 0 Å². The third kappa shape index (κ3) is 4.84. The number of likely N-dealkylation sites (tertiary alicyclic amines) is 1. The van der Waals surface area contributed by atoms with Gasteiger partial charge in [0.15, 0.2) is 0 Å². The zero-order valence-electron chi connectivity index (χ0n) is 14.0. The molecule has 22 heavy (non-hydrogen) atoms. The summed E-state index contributed by atoms with van der Waals surface area (Å²) in [5.74, 6) is 0.310. The summed E-state index contributed by atoms with van der Waals surface area (Å²) in [6, 6.07) is 8.90. The average molecular weight is 303 g/mol. The highest BCUT2D eigenvalue weighted by Crippen LogP contribution is 2.31. The normalized spacial score (nSPS) is 19.0. The molecule has 3 heteroatoms. The molecular weight excluding hydrogens is 274 g/mol. The first-order valence-electron chi connectivity index (χ1n) is 8.57. The standard InChI is InChI=1S/C19H29NO2/c1-16-9-8-10-17(15-16)18-11-4-3-6-13-20(18)19(21)12-5-7-14-22-2/h8-10,15,18H,3-7,11-14H2,1-2H3/t18-/m1/s1. The monoisotopic (exact) mass is 303 g/mol. The van der Waals surface area contributed by atoms with Gasteiger partial charge in [-0.15, -0.1) is 0 Å². The summed E-state index contributed by atoms with van der Waals surface area (Å²) in [6.07, 6.45) is 7.20. The first kappa shape index (κ1) is 17.0. The van der Waals surface area contributed by atoms with E-state index in [1.54, 1.807) is 7.11 Å². The summed E-state index contributed by atoms with van der Waals surface area (Å²) in [7, 11) is 1.71. The summed E-state index contributed by atoms with van der Waals surface area (Å²) < 4.78 is 5.07. The topological polar surface area (TPSA) is 29.5 Å².